The average molecular weight is 491 g/mol. The molecule has 0 saturated heterocycles. The second-order valence-electron chi connectivity index (χ2n) is 9.29. The second kappa shape index (κ2) is 9.91. The molecule has 1 aromatic heterocycles. The Morgan fingerprint density at radius 3 is 2.69 bits per heavy atom. The van der Waals surface area contributed by atoms with Crippen LogP contribution >= 0.6 is 11.3 Å². The first kappa shape index (κ1) is 23.7. The summed E-state index contributed by atoms with van der Waals surface area (Å²) in [7, 11) is 0. The topological polar surface area (TPSA) is 66.9 Å². The van der Waals surface area contributed by atoms with Gasteiger partial charge in [0.05, 0.1) is 19.0 Å². The lowest BCUT2D eigenvalue weighted by atomic mass is 9.92. The summed E-state index contributed by atoms with van der Waals surface area (Å²) in [5.74, 6) is 0.330. The van der Waals surface area contributed by atoms with Crippen LogP contribution in [0.1, 0.15) is 59.5 Å². The quantitative estimate of drug-likeness (QED) is 0.417. The third-order valence-electron chi connectivity index (χ3n) is 7.07. The maximum absolute atomic E-state index is 13.1. The van der Waals surface area contributed by atoms with Gasteiger partial charge in [0.25, 0.3) is 5.91 Å². The van der Waals surface area contributed by atoms with E-state index in [2.05, 4.69) is 43.0 Å². The van der Waals surface area contributed by atoms with Crippen molar-refractivity contribution < 1.29 is 19.1 Å². The van der Waals surface area contributed by atoms with Crippen LogP contribution in [0.4, 0.5) is 0 Å². The van der Waals surface area contributed by atoms with Crippen molar-refractivity contribution in [1.82, 2.24) is 9.80 Å². The molecule has 182 valence electrons. The molecule has 0 bridgehead atoms. The minimum Gasteiger partial charge on any atom is -0.488 e. The lowest BCUT2D eigenvalue weighted by molar-refractivity contribution is -0.133. The van der Waals surface area contributed by atoms with Crippen molar-refractivity contribution in [2.45, 2.75) is 58.8 Å². The summed E-state index contributed by atoms with van der Waals surface area (Å²) >= 11 is 1.73. The van der Waals surface area contributed by atoms with Crippen molar-refractivity contribution in [3.05, 3.63) is 64.0 Å². The number of nitrogens with zero attached hydrogens (tertiary/aromatic N) is 2. The van der Waals surface area contributed by atoms with Crippen molar-refractivity contribution in [2.24, 2.45) is 0 Å². The summed E-state index contributed by atoms with van der Waals surface area (Å²) in [5.41, 5.74) is 2.73. The summed E-state index contributed by atoms with van der Waals surface area (Å²) in [6, 6.07) is 13.8. The predicted molar refractivity (Wildman–Crippen MR) is 137 cm³/mol. The zero-order valence-corrected chi connectivity index (χ0v) is 21.0. The highest BCUT2D eigenvalue weighted by Gasteiger charge is 2.40. The molecular formula is C28H30N2O4S. The molecule has 0 N–H and O–H groups in total. The number of carbonyl (C=O) groups is 3. The highest BCUT2D eigenvalue weighted by atomic mass is 32.1. The molecule has 1 aliphatic heterocycles. The normalized spacial score (nSPS) is 18.1. The van der Waals surface area contributed by atoms with Gasteiger partial charge in [0, 0.05) is 33.7 Å². The van der Waals surface area contributed by atoms with Crippen molar-refractivity contribution in [3.8, 4) is 5.75 Å². The Kier molecular flexibility index (Phi) is 6.71. The summed E-state index contributed by atoms with van der Waals surface area (Å²) in [6.45, 7) is 8.15. The Morgan fingerprint density at radius 1 is 1.09 bits per heavy atom. The van der Waals surface area contributed by atoms with Crippen LogP contribution in [-0.4, -0.2) is 46.4 Å². The van der Waals surface area contributed by atoms with Crippen molar-refractivity contribution in [1.29, 1.82) is 0 Å². The molecule has 1 unspecified atom stereocenters. The molecule has 6 nitrogen and oxygen atoms in total. The summed E-state index contributed by atoms with van der Waals surface area (Å²) in [6.07, 6.45) is 0.685. The average Bonchev–Trinajstić information content (AvgIpc) is 3.42. The van der Waals surface area contributed by atoms with Gasteiger partial charge < -0.3 is 9.64 Å². The van der Waals surface area contributed by atoms with Crippen LogP contribution in [0, 0.1) is 0 Å². The van der Waals surface area contributed by atoms with Crippen LogP contribution < -0.4 is 4.74 Å². The Hall–Kier alpha value is -3.03. The van der Waals surface area contributed by atoms with Gasteiger partial charge in [-0.15, -0.1) is 11.3 Å². The Bertz CT molecular complexity index is 1290. The van der Waals surface area contributed by atoms with Crippen molar-refractivity contribution in [3.63, 3.8) is 0 Å². The van der Waals surface area contributed by atoms with Crippen LogP contribution in [-0.2, 0) is 29.3 Å². The molecule has 1 amide bonds. The first-order valence-corrected chi connectivity index (χ1v) is 13.1. The van der Waals surface area contributed by atoms with Crippen LogP contribution in [0.3, 0.4) is 0 Å². The zero-order valence-electron chi connectivity index (χ0n) is 20.2. The fourth-order valence-electron chi connectivity index (χ4n) is 5.06. The number of hydrogen-bond donors (Lipinski definition) is 0. The van der Waals surface area contributed by atoms with E-state index in [4.69, 9.17) is 4.74 Å². The summed E-state index contributed by atoms with van der Waals surface area (Å²) in [4.78, 5) is 42.3. The lowest BCUT2D eigenvalue weighted by Gasteiger charge is -2.29. The van der Waals surface area contributed by atoms with Gasteiger partial charge in [0.2, 0.25) is 0 Å². The molecule has 0 radical (unpaired) electrons. The van der Waals surface area contributed by atoms with Gasteiger partial charge in [-0.2, -0.15) is 0 Å². The Balaban J connectivity index is 1.30. The van der Waals surface area contributed by atoms with Gasteiger partial charge in [-0.25, -0.2) is 0 Å². The fraction of sp³-hybridized carbons (Fsp3) is 0.393. The highest BCUT2D eigenvalue weighted by Crippen LogP contribution is 2.35. The predicted octanol–water partition coefficient (Wildman–Crippen LogP) is 4.97. The number of rotatable bonds is 8. The standard InChI is InChI=1S/C28H30N2O4S/c1-3-29(4-2)15-18-8-9-19-13-21(35-27(19)12-18)17-34-26-7-5-6-22-23(26)16-30(28(22)33)24-11-10-20(31)14-25(24)32/h5-9,12-13,24H,3-4,10-11,14-17H2,1-2H3. The number of fused-ring (bicyclic) bond motifs is 2. The minimum absolute atomic E-state index is 0.0389. The van der Waals surface area contributed by atoms with Gasteiger partial charge in [0.1, 0.15) is 18.1 Å². The smallest absolute Gasteiger partial charge is 0.255 e. The van der Waals surface area contributed by atoms with Crippen LogP contribution in [0.5, 0.6) is 5.75 Å². The summed E-state index contributed by atoms with van der Waals surface area (Å²) in [5, 5.41) is 1.21. The number of ether oxygens (including phenoxy) is 1. The molecule has 1 aliphatic carbocycles. The lowest BCUT2D eigenvalue weighted by Crippen LogP contribution is -2.44. The van der Waals surface area contributed by atoms with Crippen LogP contribution in [0.15, 0.2) is 42.5 Å². The third-order valence-corrected chi connectivity index (χ3v) is 8.15. The first-order chi connectivity index (χ1) is 17.0. The van der Waals surface area contributed by atoms with Gasteiger partial charge in [-0.3, -0.25) is 19.3 Å². The minimum atomic E-state index is -0.520. The van der Waals surface area contributed by atoms with Crippen LogP contribution in [0.25, 0.3) is 10.1 Å². The fourth-order valence-corrected chi connectivity index (χ4v) is 6.10. The molecule has 2 aliphatic rings. The SMILES string of the molecule is CCN(CC)Cc1ccc2cc(COc3cccc4c3CN(C3CCC(=O)CC3=O)C4=O)sc2c1. The highest BCUT2D eigenvalue weighted by molar-refractivity contribution is 7.19. The number of ketones is 2. The molecule has 5 rings (SSSR count). The largest absolute Gasteiger partial charge is 0.488 e. The zero-order chi connectivity index (χ0) is 24.5. The number of amides is 1. The number of Topliss-reactive ketones (excluding diaryl/α,β-unsaturated/α-hetero) is 2. The molecule has 35 heavy (non-hydrogen) atoms. The van der Waals surface area contributed by atoms with E-state index in [1.54, 1.807) is 22.3 Å². The molecule has 2 aromatic carbocycles. The van der Waals surface area contributed by atoms with E-state index in [1.807, 2.05) is 12.1 Å². The molecular weight excluding hydrogens is 460 g/mol. The van der Waals surface area contributed by atoms with E-state index in [0.717, 1.165) is 30.1 Å². The van der Waals surface area contributed by atoms with Gasteiger partial charge in [-0.1, -0.05) is 32.0 Å². The van der Waals surface area contributed by atoms with Crippen molar-refractivity contribution in [2.75, 3.05) is 13.1 Å². The first-order valence-electron chi connectivity index (χ1n) is 12.3. The van der Waals surface area contributed by atoms with Gasteiger partial charge >= 0.3 is 0 Å². The summed E-state index contributed by atoms with van der Waals surface area (Å²) < 4.78 is 7.45. The van der Waals surface area contributed by atoms with Crippen molar-refractivity contribution >= 4 is 38.9 Å². The molecule has 1 saturated carbocycles. The third kappa shape index (κ3) is 4.75. The maximum atomic E-state index is 13.1. The van der Waals surface area contributed by atoms with E-state index in [0.29, 0.717) is 37.3 Å². The second-order valence-corrected chi connectivity index (χ2v) is 10.5. The monoisotopic (exact) mass is 490 g/mol. The Labute approximate surface area is 209 Å². The molecule has 1 fully saturated rings. The van der Waals surface area contributed by atoms with E-state index in [1.165, 1.54) is 15.6 Å². The Morgan fingerprint density at radius 2 is 1.91 bits per heavy atom. The molecule has 7 heteroatoms. The number of benzene rings is 2. The number of thiophene rings is 1. The van der Waals surface area contributed by atoms with E-state index in [9.17, 15) is 14.4 Å². The molecule has 3 aromatic rings. The number of carbonyl (C=O) groups excluding carboxylic acids is 3. The maximum Gasteiger partial charge on any atom is 0.255 e. The van der Waals surface area contributed by atoms with Gasteiger partial charge in [-0.05, 0) is 54.7 Å². The van der Waals surface area contributed by atoms with Crippen LogP contribution in [0.2, 0.25) is 0 Å². The van der Waals surface area contributed by atoms with E-state index < -0.39 is 6.04 Å². The number of hydrogen-bond acceptors (Lipinski definition) is 6. The van der Waals surface area contributed by atoms with Gasteiger partial charge in [0.15, 0.2) is 5.78 Å². The van der Waals surface area contributed by atoms with E-state index in [-0.39, 0.29) is 23.9 Å². The molecule has 0 spiro atoms. The molecule has 1 atom stereocenters. The molecule has 2 heterocycles. The van der Waals surface area contributed by atoms with E-state index >= 15 is 0 Å².